The van der Waals surface area contributed by atoms with Crippen molar-refractivity contribution in [2.45, 2.75) is 6.42 Å². The molecule has 0 aromatic heterocycles. The van der Waals surface area contributed by atoms with E-state index in [1.165, 1.54) is 0 Å². The first kappa shape index (κ1) is 5.82. The normalized spacial score (nSPS) is 8.17. The van der Waals surface area contributed by atoms with Gasteiger partial charge in [0.05, 0.1) is 6.42 Å². The fourth-order valence-electron chi connectivity index (χ4n) is 0.0833. The minimum Gasteiger partial charge on any atom is -0.247 e. The number of hydrogen-bond donors (Lipinski definition) is 0. The lowest BCUT2D eigenvalue weighted by Crippen LogP contribution is -1.90. The van der Waals surface area contributed by atoms with Crippen molar-refractivity contribution in [2.75, 3.05) is 5.75 Å². The quantitative estimate of drug-likeness (QED) is 0.503. The van der Waals surface area contributed by atoms with Crippen molar-refractivity contribution in [1.82, 2.24) is 0 Å². The van der Waals surface area contributed by atoms with Gasteiger partial charge in [0.1, 0.15) is 0 Å². The fourth-order valence-corrected chi connectivity index (χ4v) is 0.250. The van der Waals surface area contributed by atoms with E-state index in [4.69, 9.17) is 0 Å². The van der Waals surface area contributed by atoms with Gasteiger partial charge in [-0.05, 0) is 0 Å². The van der Waals surface area contributed by atoms with Gasteiger partial charge in [0.25, 0.3) is 0 Å². The minimum absolute atomic E-state index is 0.00463. The standard InChI is InChI=1S/C3H4O2S/c4-3(5)1-2-6/h1-2H2. The van der Waals surface area contributed by atoms with Crippen molar-refractivity contribution < 1.29 is 9.90 Å². The van der Waals surface area contributed by atoms with E-state index in [1.807, 2.05) is 0 Å². The molecule has 0 aliphatic carbocycles. The summed E-state index contributed by atoms with van der Waals surface area (Å²) < 4.78 is 0. The topological polar surface area (TPSA) is 37.0 Å². The molecular formula is C3H4O2S. The lowest BCUT2D eigenvalue weighted by molar-refractivity contribution is -0.142. The molecule has 0 rings (SSSR count). The second-order valence-electron chi connectivity index (χ2n) is 0.826. The SMILES string of the molecule is [O]C(=O)CC[S]. The van der Waals surface area contributed by atoms with Gasteiger partial charge < -0.3 is 0 Å². The summed E-state index contributed by atoms with van der Waals surface area (Å²) in [5.74, 6) is -0.812. The molecule has 2 radical (unpaired) electrons. The Morgan fingerprint density at radius 2 is 2.17 bits per heavy atom. The van der Waals surface area contributed by atoms with Crippen molar-refractivity contribution in [1.29, 1.82) is 0 Å². The maximum absolute atomic E-state index is 9.42. The predicted molar refractivity (Wildman–Crippen MR) is 22.8 cm³/mol. The Kier molecular flexibility index (Phi) is 2.94. The van der Waals surface area contributed by atoms with Crippen molar-refractivity contribution in [3.63, 3.8) is 0 Å². The molecule has 0 bridgehead atoms. The highest BCUT2D eigenvalue weighted by atomic mass is 32.1. The van der Waals surface area contributed by atoms with Crippen molar-refractivity contribution in [3.8, 4) is 0 Å². The summed E-state index contributed by atoms with van der Waals surface area (Å²) in [4.78, 5) is 9.42. The zero-order valence-corrected chi connectivity index (χ0v) is 3.96. The van der Waals surface area contributed by atoms with Crippen LogP contribution in [0, 0.1) is 0 Å². The largest absolute Gasteiger partial charge is 0.356 e. The van der Waals surface area contributed by atoms with Crippen LogP contribution in [0.25, 0.3) is 0 Å². The molecule has 0 saturated carbocycles. The zero-order chi connectivity index (χ0) is 4.99. The molecule has 0 spiro atoms. The van der Waals surface area contributed by atoms with Gasteiger partial charge in [-0.1, -0.05) is 12.6 Å². The molecule has 0 N–H and O–H groups in total. The van der Waals surface area contributed by atoms with E-state index in [0.29, 0.717) is 0 Å². The van der Waals surface area contributed by atoms with Crippen molar-refractivity contribution >= 4 is 18.6 Å². The van der Waals surface area contributed by atoms with Crippen LogP contribution < -0.4 is 0 Å². The lowest BCUT2D eigenvalue weighted by Gasteiger charge is -1.74. The van der Waals surface area contributed by atoms with Gasteiger partial charge in [-0.15, -0.1) is 0 Å². The smallest absolute Gasteiger partial charge is 0.247 e. The molecule has 3 heteroatoms. The third-order valence-electron chi connectivity index (χ3n) is 0.306. The van der Waals surface area contributed by atoms with Crippen molar-refractivity contribution in [2.24, 2.45) is 0 Å². The number of hydrogen-bond acceptors (Lipinski definition) is 1. The molecule has 0 aromatic carbocycles. The molecule has 0 aliphatic rings. The number of carbonyl (C=O) groups excluding carboxylic acids is 1. The second-order valence-corrected chi connectivity index (χ2v) is 1.23. The summed E-state index contributed by atoms with van der Waals surface area (Å²) in [6.07, 6.45) is -0.00463. The first-order chi connectivity index (χ1) is 2.77. The fraction of sp³-hybridized carbons (Fsp3) is 0.667. The van der Waals surface area contributed by atoms with Crippen LogP contribution in [0.3, 0.4) is 0 Å². The Morgan fingerprint density at radius 3 is 2.17 bits per heavy atom. The summed E-state index contributed by atoms with van der Waals surface area (Å²) in [5, 5.41) is 9.42. The maximum atomic E-state index is 9.42. The summed E-state index contributed by atoms with van der Waals surface area (Å²) in [7, 11) is 0. The first-order valence-corrected chi connectivity index (χ1v) is 2.13. The van der Waals surface area contributed by atoms with Gasteiger partial charge in [0.2, 0.25) is 0 Å². The molecule has 2 nitrogen and oxygen atoms in total. The third kappa shape index (κ3) is 3.82. The van der Waals surface area contributed by atoms with Crippen LogP contribution in [-0.2, 0) is 9.90 Å². The average Bonchev–Trinajstić information content (AvgIpc) is 1.35. The van der Waals surface area contributed by atoms with Crippen LogP contribution in [0.5, 0.6) is 0 Å². The highest BCUT2D eigenvalue weighted by Crippen LogP contribution is 1.80. The second kappa shape index (κ2) is 3.03. The molecule has 34 valence electrons. The molecule has 6 heavy (non-hydrogen) atoms. The van der Waals surface area contributed by atoms with Gasteiger partial charge >= 0.3 is 5.97 Å². The highest BCUT2D eigenvalue weighted by molar-refractivity contribution is 7.80. The molecule has 0 fully saturated rings. The summed E-state index contributed by atoms with van der Waals surface area (Å²) in [6, 6.07) is 0. The molecule has 0 saturated heterocycles. The summed E-state index contributed by atoms with van der Waals surface area (Å²) in [5.41, 5.74) is 0. The molecule has 0 unspecified atom stereocenters. The number of carbonyl (C=O) groups is 1. The number of rotatable bonds is 2. The van der Waals surface area contributed by atoms with E-state index in [9.17, 15) is 9.90 Å². The lowest BCUT2D eigenvalue weighted by atomic mass is 10.5. The van der Waals surface area contributed by atoms with E-state index in [0.717, 1.165) is 0 Å². The first-order valence-electron chi connectivity index (χ1n) is 1.55. The van der Waals surface area contributed by atoms with Gasteiger partial charge in [0, 0.05) is 5.75 Å². The molecule has 0 atom stereocenters. The summed E-state index contributed by atoms with van der Waals surface area (Å²) in [6.45, 7) is 0. The molecule has 0 aromatic rings. The molecule has 0 aliphatic heterocycles. The van der Waals surface area contributed by atoms with E-state index < -0.39 is 5.97 Å². The third-order valence-corrected chi connectivity index (χ3v) is 0.510. The van der Waals surface area contributed by atoms with Crippen LogP contribution in [0.1, 0.15) is 6.42 Å². The Labute approximate surface area is 41.6 Å². The Hall–Kier alpha value is -0.180. The van der Waals surface area contributed by atoms with Crippen LogP contribution in [0.2, 0.25) is 0 Å². The van der Waals surface area contributed by atoms with Crippen LogP contribution in [-0.4, -0.2) is 11.7 Å². The van der Waals surface area contributed by atoms with Crippen LogP contribution in [0.4, 0.5) is 0 Å². The van der Waals surface area contributed by atoms with Gasteiger partial charge in [0.15, 0.2) is 0 Å². The monoisotopic (exact) mass is 104 g/mol. The average molecular weight is 104 g/mol. The van der Waals surface area contributed by atoms with Gasteiger partial charge in [-0.3, -0.25) is 0 Å². The molecular weight excluding hydrogens is 100 g/mol. The van der Waals surface area contributed by atoms with Gasteiger partial charge in [-0.2, -0.15) is 0 Å². The maximum Gasteiger partial charge on any atom is 0.356 e. The van der Waals surface area contributed by atoms with E-state index in [2.05, 4.69) is 12.6 Å². The Morgan fingerprint density at radius 1 is 1.67 bits per heavy atom. The zero-order valence-electron chi connectivity index (χ0n) is 3.14. The van der Waals surface area contributed by atoms with E-state index in [1.54, 1.807) is 0 Å². The highest BCUT2D eigenvalue weighted by Gasteiger charge is 1.92. The minimum atomic E-state index is -1.06. The predicted octanol–water partition coefficient (Wildman–Crippen LogP) is 0.531. The summed E-state index contributed by atoms with van der Waals surface area (Å²) >= 11 is 4.31. The molecule has 0 amide bonds. The van der Waals surface area contributed by atoms with Crippen LogP contribution in [0.15, 0.2) is 0 Å². The van der Waals surface area contributed by atoms with Crippen LogP contribution >= 0.6 is 12.6 Å². The van der Waals surface area contributed by atoms with Crippen molar-refractivity contribution in [3.05, 3.63) is 0 Å². The van der Waals surface area contributed by atoms with E-state index in [-0.39, 0.29) is 12.2 Å². The molecule has 0 heterocycles. The Bertz CT molecular complexity index is 52.8. The Balaban J connectivity index is 2.83. The van der Waals surface area contributed by atoms with E-state index >= 15 is 0 Å². The van der Waals surface area contributed by atoms with Gasteiger partial charge in [-0.25, -0.2) is 9.90 Å².